The van der Waals surface area contributed by atoms with Crippen LogP contribution >= 0.6 is 0 Å². The topological polar surface area (TPSA) is 77.6 Å². The van der Waals surface area contributed by atoms with Gasteiger partial charge in [0, 0.05) is 35.9 Å². The lowest BCUT2D eigenvalue weighted by Gasteiger charge is -2.09. The van der Waals surface area contributed by atoms with Gasteiger partial charge in [-0.15, -0.1) is 10.2 Å². The van der Waals surface area contributed by atoms with Crippen molar-refractivity contribution < 1.29 is 9.18 Å². The van der Waals surface area contributed by atoms with E-state index in [1.807, 2.05) is 18.5 Å². The van der Waals surface area contributed by atoms with Gasteiger partial charge in [-0.05, 0) is 63.5 Å². The van der Waals surface area contributed by atoms with E-state index in [4.69, 9.17) is 0 Å². The van der Waals surface area contributed by atoms with E-state index in [0.29, 0.717) is 12.4 Å². The van der Waals surface area contributed by atoms with E-state index in [-0.39, 0.29) is 5.69 Å². The van der Waals surface area contributed by atoms with Gasteiger partial charge >= 0.3 is 0 Å². The van der Waals surface area contributed by atoms with Crippen LogP contribution in [0.15, 0.2) is 48.5 Å². The molecule has 0 saturated heterocycles. The maximum absolute atomic E-state index is 14.6. The van der Waals surface area contributed by atoms with Crippen LogP contribution in [0.25, 0.3) is 17.5 Å². The van der Waals surface area contributed by atoms with Gasteiger partial charge in [-0.25, -0.2) is 4.39 Å². The first-order valence-corrected chi connectivity index (χ1v) is 12.7. The second-order valence-corrected chi connectivity index (χ2v) is 9.65. The van der Waals surface area contributed by atoms with Crippen molar-refractivity contribution in [2.45, 2.75) is 59.5 Å². The minimum atomic E-state index is -0.501. The molecule has 1 aliphatic heterocycles. The van der Waals surface area contributed by atoms with E-state index < -0.39 is 11.7 Å². The highest BCUT2D eigenvalue weighted by Crippen LogP contribution is 2.27. The lowest BCUT2D eigenvalue weighted by molar-refractivity contribution is -0.111. The van der Waals surface area contributed by atoms with Crippen molar-refractivity contribution in [3.63, 3.8) is 0 Å². The average molecular weight is 499 g/mol. The average Bonchev–Trinajstić information content (AvgIpc) is 3.29. The Labute approximate surface area is 216 Å². The molecule has 0 radical (unpaired) electrons. The largest absolute Gasteiger partial charge is 0.320 e. The van der Waals surface area contributed by atoms with Gasteiger partial charge in [0.2, 0.25) is 5.91 Å². The van der Waals surface area contributed by atoms with Gasteiger partial charge in [0.25, 0.3) is 0 Å². The molecule has 5 rings (SSSR count). The van der Waals surface area contributed by atoms with Crippen LogP contribution in [0.4, 0.5) is 10.1 Å². The van der Waals surface area contributed by atoms with Crippen LogP contribution in [-0.2, 0) is 24.3 Å². The van der Waals surface area contributed by atoms with Crippen LogP contribution in [-0.4, -0.2) is 30.5 Å². The fraction of sp³-hybridized carbons (Fsp3) is 0.310. The van der Waals surface area contributed by atoms with Crippen molar-refractivity contribution in [2.24, 2.45) is 0 Å². The van der Waals surface area contributed by atoms with Crippen LogP contribution in [0.3, 0.4) is 0 Å². The molecular formula is C29H31FN6O. The van der Waals surface area contributed by atoms with Gasteiger partial charge in [-0.1, -0.05) is 36.2 Å². The van der Waals surface area contributed by atoms with Crippen molar-refractivity contribution in [1.29, 1.82) is 0 Å². The summed E-state index contributed by atoms with van der Waals surface area (Å²) in [5, 5.41) is 16.0. The second-order valence-electron chi connectivity index (χ2n) is 9.65. The number of hydrogen-bond acceptors (Lipinski definition) is 4. The molecule has 1 aliphatic rings. The Morgan fingerprint density at radius 3 is 2.68 bits per heavy atom. The van der Waals surface area contributed by atoms with Crippen molar-refractivity contribution >= 4 is 17.7 Å². The van der Waals surface area contributed by atoms with Gasteiger partial charge in [0.15, 0.2) is 5.82 Å². The normalized spacial score (nSPS) is 13.5. The number of aromatic nitrogens is 5. The lowest BCUT2D eigenvalue weighted by atomic mass is 10.1. The molecule has 190 valence electrons. The van der Waals surface area contributed by atoms with E-state index in [1.54, 1.807) is 18.2 Å². The summed E-state index contributed by atoms with van der Waals surface area (Å²) in [6, 6.07) is 13.0. The highest BCUT2D eigenvalue weighted by Gasteiger charge is 2.18. The van der Waals surface area contributed by atoms with Gasteiger partial charge in [-0.2, -0.15) is 5.10 Å². The molecule has 0 atom stereocenters. The molecule has 37 heavy (non-hydrogen) atoms. The maximum atomic E-state index is 14.6. The number of nitrogens with zero attached hydrogens (tertiary/aromatic N) is 5. The molecular weight excluding hydrogens is 467 g/mol. The van der Waals surface area contributed by atoms with E-state index in [0.717, 1.165) is 66.1 Å². The summed E-state index contributed by atoms with van der Waals surface area (Å²) in [5.41, 5.74) is 5.88. The number of aryl methyl sites for hydroxylation is 3. The fourth-order valence-electron chi connectivity index (χ4n) is 4.76. The molecule has 2 aromatic heterocycles. The molecule has 4 aromatic rings. The number of nitrogens with one attached hydrogen (secondary N) is 1. The SMILES string of the molecule is Cc1ccc(Cn2nc(C)c(/C=C/C(=O)Nc3cc(-c4nnc5n4CCCCC5)ccc3F)c2C)cc1. The van der Waals surface area contributed by atoms with Crippen LogP contribution in [0, 0.1) is 26.6 Å². The zero-order valence-electron chi connectivity index (χ0n) is 21.5. The first kappa shape index (κ1) is 24.6. The molecule has 2 aromatic carbocycles. The smallest absolute Gasteiger partial charge is 0.248 e. The van der Waals surface area contributed by atoms with Crippen molar-refractivity contribution in [2.75, 3.05) is 5.32 Å². The molecule has 8 heteroatoms. The molecule has 1 N–H and O–H groups in total. The number of benzene rings is 2. The third-order valence-electron chi connectivity index (χ3n) is 6.88. The number of hydrogen-bond donors (Lipinski definition) is 1. The van der Waals surface area contributed by atoms with Gasteiger partial charge in [0.05, 0.1) is 17.9 Å². The summed E-state index contributed by atoms with van der Waals surface area (Å²) in [6.45, 7) is 7.45. The molecule has 0 spiro atoms. The van der Waals surface area contributed by atoms with Crippen LogP contribution in [0.5, 0.6) is 0 Å². The summed E-state index contributed by atoms with van der Waals surface area (Å²) in [4.78, 5) is 12.7. The first-order valence-electron chi connectivity index (χ1n) is 12.7. The molecule has 0 bridgehead atoms. The predicted octanol–water partition coefficient (Wildman–Crippen LogP) is 5.63. The third-order valence-corrected chi connectivity index (χ3v) is 6.88. The van der Waals surface area contributed by atoms with Crippen LogP contribution in [0.2, 0.25) is 0 Å². The second kappa shape index (κ2) is 10.5. The van der Waals surface area contributed by atoms with E-state index >= 15 is 0 Å². The minimum absolute atomic E-state index is 0.113. The Bertz CT molecular complexity index is 1460. The lowest BCUT2D eigenvalue weighted by Crippen LogP contribution is -2.10. The van der Waals surface area contributed by atoms with E-state index in [2.05, 4.69) is 56.4 Å². The van der Waals surface area contributed by atoms with Gasteiger partial charge < -0.3 is 9.88 Å². The van der Waals surface area contributed by atoms with Crippen LogP contribution < -0.4 is 5.32 Å². The molecule has 0 saturated carbocycles. The number of carbonyl (C=O) groups excluding carboxylic acids is 1. The zero-order valence-corrected chi connectivity index (χ0v) is 21.5. The summed E-state index contributed by atoms with van der Waals surface area (Å²) in [5.74, 6) is 0.745. The Morgan fingerprint density at radius 1 is 1.05 bits per heavy atom. The molecule has 0 aliphatic carbocycles. The number of carbonyl (C=O) groups is 1. The number of halogens is 1. The quantitative estimate of drug-likeness (QED) is 0.350. The summed E-state index contributed by atoms with van der Waals surface area (Å²) in [6.07, 6.45) is 7.36. The summed E-state index contributed by atoms with van der Waals surface area (Å²) >= 11 is 0. The monoisotopic (exact) mass is 498 g/mol. The number of rotatable bonds is 6. The summed E-state index contributed by atoms with van der Waals surface area (Å²) in [7, 11) is 0. The fourth-order valence-corrected chi connectivity index (χ4v) is 4.76. The van der Waals surface area contributed by atoms with E-state index in [9.17, 15) is 9.18 Å². The highest BCUT2D eigenvalue weighted by molar-refractivity contribution is 6.02. The minimum Gasteiger partial charge on any atom is -0.320 e. The Morgan fingerprint density at radius 2 is 1.86 bits per heavy atom. The predicted molar refractivity (Wildman–Crippen MR) is 143 cm³/mol. The van der Waals surface area contributed by atoms with E-state index in [1.165, 1.54) is 17.7 Å². The number of amides is 1. The van der Waals surface area contributed by atoms with Crippen LogP contribution in [0.1, 0.15) is 53.2 Å². The first-order chi connectivity index (χ1) is 17.9. The zero-order chi connectivity index (χ0) is 25.9. The van der Waals surface area contributed by atoms with Crippen molar-refractivity contribution in [1.82, 2.24) is 24.5 Å². The summed E-state index contributed by atoms with van der Waals surface area (Å²) < 4.78 is 18.6. The molecule has 0 fully saturated rings. The van der Waals surface area contributed by atoms with Crippen molar-refractivity contribution in [3.05, 3.63) is 88.3 Å². The Kier molecular flexibility index (Phi) is 6.99. The molecule has 1 amide bonds. The number of anilines is 1. The molecule has 7 nitrogen and oxygen atoms in total. The molecule has 0 unspecified atom stereocenters. The highest BCUT2D eigenvalue weighted by atomic mass is 19.1. The van der Waals surface area contributed by atoms with Gasteiger partial charge in [-0.3, -0.25) is 9.48 Å². The number of fused-ring (bicyclic) bond motifs is 1. The maximum Gasteiger partial charge on any atom is 0.248 e. The molecule has 3 heterocycles. The van der Waals surface area contributed by atoms with Gasteiger partial charge in [0.1, 0.15) is 11.6 Å². The standard InChI is InChI=1S/C29H31FN6O/c1-19-8-10-22(11-9-19)18-36-21(3)24(20(2)34-36)13-15-28(37)31-26-17-23(12-14-25(26)30)29-33-32-27-7-5-4-6-16-35(27)29/h8-15,17H,4-7,16,18H2,1-3H3,(H,31,37)/b15-13+. The van der Waals surface area contributed by atoms with Crippen molar-refractivity contribution in [3.8, 4) is 11.4 Å². The Balaban J connectivity index is 1.32. The third kappa shape index (κ3) is 5.38. The Hall–Kier alpha value is -4.07.